The number of rotatable bonds is 10. The summed E-state index contributed by atoms with van der Waals surface area (Å²) in [4.78, 5) is 14.3. The summed E-state index contributed by atoms with van der Waals surface area (Å²) < 4.78 is 11.0. The van der Waals surface area contributed by atoms with Gasteiger partial charge in [-0.2, -0.15) is 0 Å². The van der Waals surface area contributed by atoms with Gasteiger partial charge in [0.15, 0.2) is 6.61 Å². The molecule has 0 aliphatic carbocycles. The smallest absolute Gasteiger partial charge is 0.260 e. The fourth-order valence-corrected chi connectivity index (χ4v) is 2.41. The molecule has 1 amide bonds. The van der Waals surface area contributed by atoms with Crippen LogP contribution < -0.4 is 15.2 Å². The summed E-state index contributed by atoms with van der Waals surface area (Å²) in [5.41, 5.74) is 6.68. The molecule has 0 bridgehead atoms. The summed E-state index contributed by atoms with van der Waals surface area (Å²) >= 11 is 0. The molecule has 26 heavy (non-hydrogen) atoms. The average molecular weight is 379 g/mol. The van der Waals surface area contributed by atoms with Gasteiger partial charge in [0.25, 0.3) is 5.91 Å². The highest BCUT2D eigenvalue weighted by molar-refractivity contribution is 5.85. The number of benzene rings is 2. The van der Waals surface area contributed by atoms with Gasteiger partial charge in [-0.05, 0) is 49.7 Å². The van der Waals surface area contributed by atoms with Gasteiger partial charge in [0, 0.05) is 13.1 Å². The first kappa shape index (κ1) is 21.8. The zero-order valence-electron chi connectivity index (χ0n) is 15.1. The Hall–Kier alpha value is -2.24. The van der Waals surface area contributed by atoms with Gasteiger partial charge < -0.3 is 20.1 Å². The Labute approximate surface area is 161 Å². The molecule has 0 saturated carbocycles. The van der Waals surface area contributed by atoms with E-state index in [0.29, 0.717) is 32.0 Å². The second-order valence-electron chi connectivity index (χ2n) is 5.64. The van der Waals surface area contributed by atoms with Crippen LogP contribution in [0.5, 0.6) is 11.5 Å². The molecule has 0 unspecified atom stereocenters. The Morgan fingerprint density at radius 1 is 1.00 bits per heavy atom. The highest BCUT2D eigenvalue weighted by Gasteiger charge is 2.14. The zero-order chi connectivity index (χ0) is 17.9. The van der Waals surface area contributed by atoms with Crippen LogP contribution in [0.2, 0.25) is 0 Å². The number of nitrogens with zero attached hydrogens (tertiary/aromatic N) is 1. The van der Waals surface area contributed by atoms with Crippen molar-refractivity contribution >= 4 is 18.3 Å². The first-order valence-electron chi connectivity index (χ1n) is 8.60. The Bertz CT molecular complexity index is 635. The maximum atomic E-state index is 12.5. The van der Waals surface area contributed by atoms with E-state index in [0.717, 1.165) is 17.7 Å². The van der Waals surface area contributed by atoms with Gasteiger partial charge in [0.1, 0.15) is 11.5 Å². The van der Waals surface area contributed by atoms with Crippen molar-refractivity contribution in [3.05, 3.63) is 60.2 Å². The quantitative estimate of drug-likeness (QED) is 0.689. The molecule has 2 aromatic rings. The van der Waals surface area contributed by atoms with Crippen molar-refractivity contribution in [2.75, 3.05) is 26.3 Å². The van der Waals surface area contributed by atoms with E-state index < -0.39 is 0 Å². The van der Waals surface area contributed by atoms with Crippen LogP contribution >= 0.6 is 12.4 Å². The Morgan fingerprint density at radius 3 is 2.19 bits per heavy atom. The molecule has 0 saturated heterocycles. The second kappa shape index (κ2) is 12.2. The van der Waals surface area contributed by atoms with Gasteiger partial charge in [-0.1, -0.05) is 30.3 Å². The van der Waals surface area contributed by atoms with Crippen LogP contribution in [0.25, 0.3) is 0 Å². The lowest BCUT2D eigenvalue weighted by molar-refractivity contribution is -0.134. The Balaban J connectivity index is 0.00000338. The summed E-state index contributed by atoms with van der Waals surface area (Å²) in [5, 5.41) is 0. The van der Waals surface area contributed by atoms with Crippen molar-refractivity contribution in [3.63, 3.8) is 0 Å². The lowest BCUT2D eigenvalue weighted by atomic mass is 10.2. The predicted molar refractivity (Wildman–Crippen MR) is 106 cm³/mol. The van der Waals surface area contributed by atoms with Crippen molar-refractivity contribution in [3.8, 4) is 11.5 Å². The maximum Gasteiger partial charge on any atom is 0.260 e. The minimum atomic E-state index is -0.0498. The predicted octanol–water partition coefficient (Wildman–Crippen LogP) is 3.26. The van der Waals surface area contributed by atoms with Crippen LogP contribution in [0.3, 0.4) is 0 Å². The van der Waals surface area contributed by atoms with E-state index in [4.69, 9.17) is 15.2 Å². The van der Waals surface area contributed by atoms with Crippen LogP contribution in [0.4, 0.5) is 0 Å². The van der Waals surface area contributed by atoms with Crippen molar-refractivity contribution in [2.45, 2.75) is 19.9 Å². The molecule has 0 aliphatic rings. The molecule has 6 heteroatoms. The number of carbonyl (C=O) groups is 1. The highest BCUT2D eigenvalue weighted by atomic mass is 35.5. The molecular weight excluding hydrogens is 352 g/mol. The summed E-state index contributed by atoms with van der Waals surface area (Å²) in [6.45, 7) is 4.30. The number of carbonyl (C=O) groups excluding carboxylic acids is 1. The molecule has 142 valence electrons. The highest BCUT2D eigenvalue weighted by Crippen LogP contribution is 2.17. The van der Waals surface area contributed by atoms with Crippen molar-refractivity contribution in [2.24, 2.45) is 5.73 Å². The third-order valence-electron chi connectivity index (χ3n) is 3.70. The molecule has 5 nitrogen and oxygen atoms in total. The summed E-state index contributed by atoms with van der Waals surface area (Å²) in [7, 11) is 0. The molecule has 2 aromatic carbocycles. The van der Waals surface area contributed by atoms with E-state index in [2.05, 4.69) is 0 Å². The molecule has 0 fully saturated rings. The molecule has 0 heterocycles. The minimum absolute atomic E-state index is 0. The molecule has 0 radical (unpaired) electrons. The van der Waals surface area contributed by atoms with Crippen molar-refractivity contribution in [1.29, 1.82) is 0 Å². The Morgan fingerprint density at radius 2 is 1.62 bits per heavy atom. The fraction of sp³-hybridized carbons (Fsp3) is 0.350. The van der Waals surface area contributed by atoms with Gasteiger partial charge in [-0.25, -0.2) is 0 Å². The first-order chi connectivity index (χ1) is 12.2. The SMILES string of the molecule is CCOc1ccc(OCC(=O)N(CCCN)Cc2ccccc2)cc1.Cl. The summed E-state index contributed by atoms with van der Waals surface area (Å²) in [5.74, 6) is 1.39. The maximum absolute atomic E-state index is 12.5. The van der Waals surface area contributed by atoms with Crippen LogP contribution in [0, 0.1) is 0 Å². The van der Waals surface area contributed by atoms with E-state index in [1.165, 1.54) is 0 Å². The standard InChI is InChI=1S/C20H26N2O3.ClH/c1-2-24-18-9-11-19(12-10-18)25-16-20(23)22(14-6-13-21)15-17-7-4-3-5-8-17;/h3-5,7-12H,2,6,13-16,21H2,1H3;1H. The number of ether oxygens (including phenoxy) is 2. The number of nitrogens with two attached hydrogens (primary N) is 1. The fourth-order valence-electron chi connectivity index (χ4n) is 2.41. The topological polar surface area (TPSA) is 64.8 Å². The Kier molecular flexibility index (Phi) is 10.2. The molecular formula is C20H27ClN2O3. The summed E-state index contributed by atoms with van der Waals surface area (Å²) in [6.07, 6.45) is 0.766. The average Bonchev–Trinajstić information content (AvgIpc) is 2.65. The number of halogens is 1. The third-order valence-corrected chi connectivity index (χ3v) is 3.70. The lowest BCUT2D eigenvalue weighted by Gasteiger charge is -2.23. The first-order valence-corrected chi connectivity index (χ1v) is 8.60. The van der Waals surface area contributed by atoms with Gasteiger partial charge in [-0.15, -0.1) is 12.4 Å². The zero-order valence-corrected chi connectivity index (χ0v) is 15.9. The van der Waals surface area contributed by atoms with E-state index in [9.17, 15) is 4.79 Å². The van der Waals surface area contributed by atoms with E-state index >= 15 is 0 Å². The second-order valence-corrected chi connectivity index (χ2v) is 5.64. The number of hydrogen-bond acceptors (Lipinski definition) is 4. The van der Waals surface area contributed by atoms with Crippen LogP contribution in [-0.2, 0) is 11.3 Å². The lowest BCUT2D eigenvalue weighted by Crippen LogP contribution is -2.36. The van der Waals surface area contributed by atoms with E-state index in [1.54, 1.807) is 17.0 Å². The third kappa shape index (κ3) is 7.33. The largest absolute Gasteiger partial charge is 0.494 e. The van der Waals surface area contributed by atoms with Crippen LogP contribution in [0.15, 0.2) is 54.6 Å². The van der Waals surface area contributed by atoms with E-state index in [1.807, 2.05) is 49.4 Å². The van der Waals surface area contributed by atoms with E-state index in [-0.39, 0.29) is 24.9 Å². The molecule has 2 N–H and O–H groups in total. The van der Waals surface area contributed by atoms with Crippen LogP contribution in [0.1, 0.15) is 18.9 Å². The minimum Gasteiger partial charge on any atom is -0.494 e. The number of amides is 1. The van der Waals surface area contributed by atoms with Gasteiger partial charge in [0.2, 0.25) is 0 Å². The van der Waals surface area contributed by atoms with Crippen LogP contribution in [-0.4, -0.2) is 37.1 Å². The van der Waals surface area contributed by atoms with Gasteiger partial charge >= 0.3 is 0 Å². The molecule has 0 aromatic heterocycles. The van der Waals surface area contributed by atoms with Crippen molar-refractivity contribution < 1.29 is 14.3 Å². The summed E-state index contributed by atoms with van der Waals surface area (Å²) in [6, 6.07) is 17.2. The molecule has 0 atom stereocenters. The molecule has 0 aliphatic heterocycles. The monoisotopic (exact) mass is 378 g/mol. The normalized spacial score (nSPS) is 9.92. The van der Waals surface area contributed by atoms with Gasteiger partial charge in [0.05, 0.1) is 6.61 Å². The van der Waals surface area contributed by atoms with Gasteiger partial charge in [-0.3, -0.25) is 4.79 Å². The van der Waals surface area contributed by atoms with Crippen molar-refractivity contribution in [1.82, 2.24) is 4.90 Å². The molecule has 2 rings (SSSR count). The molecule has 0 spiro atoms. The number of hydrogen-bond donors (Lipinski definition) is 1.